The Labute approximate surface area is 505 Å². The van der Waals surface area contributed by atoms with Gasteiger partial charge in [0.15, 0.2) is 34.0 Å². The van der Waals surface area contributed by atoms with Crippen LogP contribution in [-0.2, 0) is 71.3 Å². The highest BCUT2D eigenvalue weighted by Gasteiger charge is 2.48. The average molecular weight is 1180 g/mol. The summed E-state index contributed by atoms with van der Waals surface area (Å²) >= 11 is 0. The minimum Gasteiger partial charge on any atom is -0.438 e. The second-order valence-corrected chi connectivity index (χ2v) is 28.3. The molecule has 3 atom stereocenters. The molecule has 15 heteroatoms. The lowest BCUT2D eigenvalue weighted by Gasteiger charge is -2.33. The molecule has 6 rings (SSSR count). The molecule has 6 aliphatic rings. The van der Waals surface area contributed by atoms with Gasteiger partial charge in [0.25, 0.3) is 0 Å². The first-order valence-corrected chi connectivity index (χ1v) is 33.0. The molecule has 6 saturated carbocycles. The number of carbonyl (C=O) groups excluding carboxylic acids is 5. The number of carbonyl (C=O) groups is 5. The first-order valence-electron chi connectivity index (χ1n) is 33.0. The Balaban J connectivity index is 0.000000355. The highest BCUT2D eigenvalue weighted by molar-refractivity contribution is 5.77. The van der Waals surface area contributed by atoms with Gasteiger partial charge in [0.2, 0.25) is 0 Å². The summed E-state index contributed by atoms with van der Waals surface area (Å²) in [4.78, 5) is 58.3. The van der Waals surface area contributed by atoms with Crippen molar-refractivity contribution in [3.63, 3.8) is 0 Å². The van der Waals surface area contributed by atoms with Crippen LogP contribution in [0, 0.1) is 50.2 Å². The fourth-order valence-corrected chi connectivity index (χ4v) is 10.7. The Morgan fingerprint density at radius 2 is 0.663 bits per heavy atom. The van der Waals surface area contributed by atoms with Crippen LogP contribution in [0.2, 0.25) is 0 Å². The fraction of sp³-hybridized carbons (Fsp3) is 0.926. The molecule has 0 aliphatic heterocycles. The van der Waals surface area contributed by atoms with Crippen molar-refractivity contribution in [2.45, 2.75) is 309 Å². The van der Waals surface area contributed by atoms with Gasteiger partial charge in [-0.05, 0) is 195 Å². The summed E-state index contributed by atoms with van der Waals surface area (Å²) in [6.45, 7) is 33.3. The van der Waals surface area contributed by atoms with Gasteiger partial charge in [-0.2, -0.15) is 0 Å². The minimum absolute atomic E-state index is 0.106. The van der Waals surface area contributed by atoms with Crippen molar-refractivity contribution >= 4 is 29.8 Å². The van der Waals surface area contributed by atoms with E-state index in [4.69, 9.17) is 47.4 Å². The van der Waals surface area contributed by atoms with Crippen molar-refractivity contribution in [3.05, 3.63) is 0 Å². The molecule has 0 heterocycles. The van der Waals surface area contributed by atoms with Crippen molar-refractivity contribution in [2.75, 3.05) is 47.2 Å². The van der Waals surface area contributed by atoms with E-state index in [1.165, 1.54) is 109 Å². The van der Waals surface area contributed by atoms with Crippen LogP contribution in [0.3, 0.4) is 0 Å². The highest BCUT2D eigenvalue weighted by atomic mass is 16.7. The van der Waals surface area contributed by atoms with Gasteiger partial charge in [0.1, 0.15) is 0 Å². The number of hydrogen-bond donors (Lipinski definition) is 0. The van der Waals surface area contributed by atoms with Crippen LogP contribution >= 0.6 is 0 Å². The van der Waals surface area contributed by atoms with Crippen LogP contribution < -0.4 is 0 Å². The summed E-state index contributed by atoms with van der Waals surface area (Å²) in [5, 5.41) is 0. The lowest BCUT2D eigenvalue weighted by atomic mass is 9.75. The SMILES string of the molecule is CCC(C)(C)C(=O)OCOC1CCCC1.CCC(C)(C)C(=O)OCOC1CCCCC1.CCC(C)(C)C(=O)OCOC1CCCCCC1.CCC(C)(C)C(=O)OCOCC1(C)CC2CCC1C2.CCC(C)(C)C(=O)OCOCC1CCCC1. The van der Waals surface area contributed by atoms with Gasteiger partial charge in [-0.25, -0.2) is 0 Å². The summed E-state index contributed by atoms with van der Waals surface area (Å²) in [6, 6.07) is 0. The quantitative estimate of drug-likeness (QED) is 0.0249. The molecule has 2 bridgehead atoms. The molecule has 83 heavy (non-hydrogen) atoms. The monoisotopic (exact) mass is 1180 g/mol. The van der Waals surface area contributed by atoms with E-state index in [1.54, 1.807) is 0 Å². The Bertz CT molecular complexity index is 1800. The largest absolute Gasteiger partial charge is 0.438 e. The van der Waals surface area contributed by atoms with Crippen LogP contribution in [0.4, 0.5) is 0 Å². The van der Waals surface area contributed by atoms with Crippen molar-refractivity contribution in [2.24, 2.45) is 50.2 Å². The molecule has 0 N–H and O–H groups in total. The standard InChI is InChI=1S/C16H28O3.C14H26O3.2C13H24O3.C12H22O3/c1-5-15(2,3)14(17)19-11-18-10-16(4)9-12-6-7-13(16)8-12;1-4-14(2,3)13(15)17-11-16-12-9-7-5-6-8-10-12;1-4-13(2,3)12(14)16-10-15-9-11-7-5-6-8-11;1-4-13(2,3)12(14)16-10-15-11-8-6-5-7-9-11;1-4-12(2,3)11(13)15-9-14-10-7-5-6-8-10/h12-13H,5-11H2,1-4H3;12H,4-11H2,1-3H3;2*11H,4-10H2,1-3H3;10H,4-9H2,1-3H3. The lowest BCUT2D eigenvalue weighted by Crippen LogP contribution is -2.31. The molecule has 0 amide bonds. The van der Waals surface area contributed by atoms with Crippen LogP contribution in [0.15, 0.2) is 0 Å². The molecule has 3 unspecified atom stereocenters. The number of fused-ring (bicyclic) bond motifs is 2. The zero-order valence-electron chi connectivity index (χ0n) is 55.8. The topological polar surface area (TPSA) is 178 Å². The number of hydrogen-bond acceptors (Lipinski definition) is 15. The Kier molecular flexibility index (Phi) is 35.9. The summed E-state index contributed by atoms with van der Waals surface area (Å²) in [5.74, 6) is 1.61. The van der Waals surface area contributed by atoms with E-state index in [-0.39, 0.29) is 75.3 Å². The minimum atomic E-state index is -0.403. The molecule has 0 saturated heterocycles. The third-order valence-electron chi connectivity index (χ3n) is 19.4. The normalized spacial score (nSPS) is 21.8. The number of ether oxygens (including phenoxy) is 10. The molecule has 6 fully saturated rings. The van der Waals surface area contributed by atoms with Gasteiger partial charge >= 0.3 is 29.8 Å². The summed E-state index contributed by atoms with van der Waals surface area (Å²) < 4.78 is 53.4. The van der Waals surface area contributed by atoms with Crippen LogP contribution in [-0.4, -0.2) is 95.3 Å². The Hall–Kier alpha value is -2.85. The number of rotatable bonds is 27. The molecular formula is C68H124O15. The average Bonchev–Trinajstić information content (AvgIpc) is 4.51. The predicted octanol–water partition coefficient (Wildman–Crippen LogP) is 16.7. The zero-order valence-corrected chi connectivity index (χ0v) is 55.8. The van der Waals surface area contributed by atoms with Crippen molar-refractivity contribution in [1.29, 1.82) is 0 Å². The molecule has 0 spiro atoms. The predicted molar refractivity (Wildman–Crippen MR) is 326 cm³/mol. The van der Waals surface area contributed by atoms with E-state index < -0.39 is 21.7 Å². The molecule has 0 radical (unpaired) electrons. The van der Waals surface area contributed by atoms with Crippen LogP contribution in [0.5, 0.6) is 0 Å². The number of esters is 5. The van der Waals surface area contributed by atoms with Gasteiger partial charge in [0, 0.05) is 0 Å². The lowest BCUT2D eigenvalue weighted by molar-refractivity contribution is -0.173. The smallest absolute Gasteiger partial charge is 0.313 e. The van der Waals surface area contributed by atoms with Gasteiger partial charge in [0.05, 0.1) is 58.6 Å². The van der Waals surface area contributed by atoms with E-state index in [1.807, 2.05) is 104 Å². The maximum Gasteiger partial charge on any atom is 0.313 e. The maximum absolute atomic E-state index is 11.8. The molecule has 6 aliphatic carbocycles. The first kappa shape index (κ1) is 76.2. The molecule has 0 aromatic rings. The van der Waals surface area contributed by atoms with E-state index in [0.29, 0.717) is 23.5 Å². The summed E-state index contributed by atoms with van der Waals surface area (Å²) in [5.41, 5.74) is -1.66. The van der Waals surface area contributed by atoms with Crippen molar-refractivity contribution in [3.8, 4) is 0 Å². The van der Waals surface area contributed by atoms with E-state index in [0.717, 1.165) is 95.7 Å². The van der Waals surface area contributed by atoms with Crippen molar-refractivity contribution < 1.29 is 71.3 Å². The highest BCUT2D eigenvalue weighted by Crippen LogP contribution is 2.55. The third kappa shape index (κ3) is 29.6. The van der Waals surface area contributed by atoms with Gasteiger partial charge < -0.3 is 47.4 Å². The maximum atomic E-state index is 11.8. The molecule has 0 aromatic heterocycles. The molecule has 15 nitrogen and oxygen atoms in total. The van der Waals surface area contributed by atoms with Gasteiger partial charge in [-0.15, -0.1) is 0 Å². The van der Waals surface area contributed by atoms with Gasteiger partial charge in [-0.3, -0.25) is 24.0 Å². The van der Waals surface area contributed by atoms with Gasteiger partial charge in [-0.1, -0.05) is 119 Å². The first-order chi connectivity index (χ1) is 39.1. The molecule has 486 valence electrons. The van der Waals surface area contributed by atoms with E-state index in [9.17, 15) is 24.0 Å². The second-order valence-electron chi connectivity index (χ2n) is 28.3. The zero-order chi connectivity index (χ0) is 62.2. The van der Waals surface area contributed by atoms with Crippen LogP contribution in [0.25, 0.3) is 0 Å². The van der Waals surface area contributed by atoms with Crippen LogP contribution in [0.1, 0.15) is 291 Å². The molecular weight excluding hydrogens is 1060 g/mol. The van der Waals surface area contributed by atoms with Crippen molar-refractivity contribution in [1.82, 2.24) is 0 Å². The Morgan fingerprint density at radius 1 is 0.373 bits per heavy atom. The van der Waals surface area contributed by atoms with E-state index >= 15 is 0 Å². The second kappa shape index (κ2) is 39.1. The summed E-state index contributed by atoms with van der Waals surface area (Å²) in [6.07, 6.45) is 33.4. The molecule has 0 aromatic carbocycles. The summed E-state index contributed by atoms with van der Waals surface area (Å²) in [7, 11) is 0. The fourth-order valence-electron chi connectivity index (χ4n) is 10.7. The van der Waals surface area contributed by atoms with E-state index in [2.05, 4.69) is 6.92 Å². The Morgan fingerprint density at radius 3 is 0.964 bits per heavy atom. The third-order valence-corrected chi connectivity index (χ3v) is 19.4.